The summed E-state index contributed by atoms with van der Waals surface area (Å²) in [5, 5.41) is 26.0. The van der Waals surface area contributed by atoms with E-state index in [0.29, 0.717) is 31.6 Å². The van der Waals surface area contributed by atoms with Gasteiger partial charge in [0.1, 0.15) is 23.7 Å². The van der Waals surface area contributed by atoms with Crippen molar-refractivity contribution in [2.45, 2.75) is 144 Å². The second-order valence-corrected chi connectivity index (χ2v) is 17.5. The molecule has 0 bridgehead atoms. The third-order valence-electron chi connectivity index (χ3n) is 8.59. The molecule has 1 rings (SSSR count). The molecule has 0 saturated carbocycles. The average molecular weight is 764 g/mol. The molecule has 53 heavy (non-hydrogen) atoms. The quantitative estimate of drug-likeness (QED) is 0.0938. The summed E-state index contributed by atoms with van der Waals surface area (Å²) in [5.74, 6) is -1.92. The Kier molecular flexibility index (Phi) is 21.1. The standard InChI is InChI=1S/C40H69N5O7S/c1-24(2)20-29(35(47)44-33(26(5)6)37(49)41-23-28-16-14-13-15-17-28)22-32(46)31(21-25(3)4)43-36(48)30(18-19-53-12)42-38(50)34(27(7)8)45-39(51)52-40(9,10)11/h13-17,24-27,29-34,46H,18-23H2,1-12H3,(H,41,49)(H,42,50)(H,43,48)(H,44,47)(H,45,51)/t29?,30?,31-,32?,33?,34-/m0/s1. The Bertz CT molecular complexity index is 1290. The highest BCUT2D eigenvalue weighted by Crippen LogP contribution is 2.23. The molecule has 0 fully saturated rings. The number of carbonyl (C=O) groups is 5. The van der Waals surface area contributed by atoms with Crippen LogP contribution in [0.15, 0.2) is 30.3 Å². The highest BCUT2D eigenvalue weighted by molar-refractivity contribution is 7.98. The third-order valence-corrected chi connectivity index (χ3v) is 9.24. The van der Waals surface area contributed by atoms with Gasteiger partial charge in [-0.15, -0.1) is 0 Å². The number of thioether (sulfide) groups is 1. The lowest BCUT2D eigenvalue weighted by atomic mass is 9.86. The molecular formula is C40H69N5O7S. The first-order valence-corrected chi connectivity index (χ1v) is 20.4. The van der Waals surface area contributed by atoms with Crippen LogP contribution < -0.4 is 26.6 Å². The molecule has 6 atom stereocenters. The van der Waals surface area contributed by atoms with E-state index in [9.17, 15) is 29.1 Å². The predicted octanol–water partition coefficient (Wildman–Crippen LogP) is 5.18. The van der Waals surface area contributed by atoms with E-state index < -0.39 is 59.7 Å². The summed E-state index contributed by atoms with van der Waals surface area (Å²) < 4.78 is 5.36. The van der Waals surface area contributed by atoms with Crippen LogP contribution in [0.3, 0.4) is 0 Å². The van der Waals surface area contributed by atoms with Crippen LogP contribution in [0.5, 0.6) is 0 Å². The van der Waals surface area contributed by atoms with Crippen LogP contribution in [0, 0.1) is 29.6 Å². The highest BCUT2D eigenvalue weighted by Gasteiger charge is 2.35. The number of hydrogen-bond donors (Lipinski definition) is 6. The lowest BCUT2D eigenvalue weighted by Crippen LogP contribution is -2.58. The average Bonchev–Trinajstić information content (AvgIpc) is 3.04. The number of aliphatic hydroxyl groups excluding tert-OH is 1. The van der Waals surface area contributed by atoms with E-state index in [2.05, 4.69) is 26.6 Å². The molecule has 1 aromatic rings. The molecule has 6 N–H and O–H groups in total. The smallest absolute Gasteiger partial charge is 0.408 e. The van der Waals surface area contributed by atoms with Crippen LogP contribution in [0.25, 0.3) is 0 Å². The van der Waals surface area contributed by atoms with Gasteiger partial charge >= 0.3 is 6.09 Å². The van der Waals surface area contributed by atoms with Gasteiger partial charge in [0.05, 0.1) is 12.1 Å². The largest absolute Gasteiger partial charge is 0.444 e. The lowest BCUT2D eigenvalue weighted by Gasteiger charge is -2.32. The fourth-order valence-electron chi connectivity index (χ4n) is 5.88. The Morgan fingerprint density at radius 2 is 1.28 bits per heavy atom. The van der Waals surface area contributed by atoms with Crippen LogP contribution in [0.2, 0.25) is 0 Å². The van der Waals surface area contributed by atoms with E-state index in [1.807, 2.05) is 78.1 Å². The van der Waals surface area contributed by atoms with Gasteiger partial charge in [-0.1, -0.05) is 85.7 Å². The van der Waals surface area contributed by atoms with E-state index in [4.69, 9.17) is 4.74 Å². The summed E-state index contributed by atoms with van der Waals surface area (Å²) in [6.45, 7) is 20.8. The lowest BCUT2D eigenvalue weighted by molar-refractivity contribution is -0.133. The van der Waals surface area contributed by atoms with E-state index in [0.717, 1.165) is 5.56 Å². The summed E-state index contributed by atoms with van der Waals surface area (Å²) >= 11 is 1.53. The normalized spacial score (nSPS) is 15.3. The van der Waals surface area contributed by atoms with Gasteiger partial charge in [-0.25, -0.2) is 4.79 Å². The minimum absolute atomic E-state index is 0.0647. The number of benzene rings is 1. The molecule has 5 amide bonds. The van der Waals surface area contributed by atoms with Crippen molar-refractivity contribution in [3.8, 4) is 0 Å². The third kappa shape index (κ3) is 19.0. The van der Waals surface area contributed by atoms with Crippen molar-refractivity contribution in [3.05, 3.63) is 35.9 Å². The minimum atomic E-state index is -1.09. The summed E-state index contributed by atoms with van der Waals surface area (Å²) in [5.41, 5.74) is 0.193. The molecule has 302 valence electrons. The van der Waals surface area contributed by atoms with Crippen LogP contribution in [0.4, 0.5) is 4.79 Å². The Hall–Kier alpha value is -3.32. The Morgan fingerprint density at radius 1 is 0.717 bits per heavy atom. The summed E-state index contributed by atoms with van der Waals surface area (Å²) in [4.78, 5) is 66.9. The summed E-state index contributed by atoms with van der Waals surface area (Å²) in [6, 6.07) is 6.17. The van der Waals surface area contributed by atoms with Crippen LogP contribution in [-0.4, -0.2) is 82.7 Å². The molecule has 4 unspecified atom stereocenters. The molecule has 0 saturated heterocycles. The maximum atomic E-state index is 13.9. The molecule has 0 aliphatic heterocycles. The van der Waals surface area contributed by atoms with Gasteiger partial charge in [-0.2, -0.15) is 11.8 Å². The maximum Gasteiger partial charge on any atom is 0.408 e. The van der Waals surface area contributed by atoms with Crippen molar-refractivity contribution in [1.82, 2.24) is 26.6 Å². The maximum absolute atomic E-state index is 13.9. The van der Waals surface area contributed by atoms with Gasteiger partial charge in [-0.3, -0.25) is 19.2 Å². The van der Waals surface area contributed by atoms with Crippen molar-refractivity contribution in [3.63, 3.8) is 0 Å². The van der Waals surface area contributed by atoms with Gasteiger partial charge in [-0.05, 0) is 87.7 Å². The number of aliphatic hydroxyl groups is 1. The second kappa shape index (κ2) is 23.5. The Balaban J connectivity index is 3.18. The van der Waals surface area contributed by atoms with Crippen molar-refractivity contribution in [2.75, 3.05) is 12.0 Å². The highest BCUT2D eigenvalue weighted by atomic mass is 32.2. The number of carbonyl (C=O) groups excluding carboxylic acids is 5. The van der Waals surface area contributed by atoms with Gasteiger partial charge in [0.25, 0.3) is 0 Å². The van der Waals surface area contributed by atoms with Crippen molar-refractivity contribution in [2.24, 2.45) is 29.6 Å². The Labute approximate surface area is 322 Å². The monoisotopic (exact) mass is 763 g/mol. The van der Waals surface area contributed by atoms with E-state index in [1.165, 1.54) is 11.8 Å². The van der Waals surface area contributed by atoms with Crippen LogP contribution in [0.1, 0.15) is 107 Å². The number of ether oxygens (including phenoxy) is 1. The zero-order chi connectivity index (χ0) is 40.5. The number of amides is 5. The molecule has 12 nitrogen and oxygen atoms in total. The summed E-state index contributed by atoms with van der Waals surface area (Å²) in [7, 11) is 0. The van der Waals surface area contributed by atoms with Crippen LogP contribution in [-0.2, 0) is 30.5 Å². The minimum Gasteiger partial charge on any atom is -0.444 e. The van der Waals surface area contributed by atoms with Crippen molar-refractivity contribution >= 4 is 41.5 Å². The zero-order valence-electron chi connectivity index (χ0n) is 34.2. The first kappa shape index (κ1) is 47.7. The van der Waals surface area contributed by atoms with Gasteiger partial charge in [0, 0.05) is 12.5 Å². The van der Waals surface area contributed by atoms with Crippen molar-refractivity contribution < 1.29 is 33.8 Å². The molecule has 1 aromatic carbocycles. The SMILES string of the molecule is CSCCC(NC(=O)[C@@H](NC(=O)OC(C)(C)C)C(C)C)C(=O)N[C@@H](CC(C)C)C(O)CC(CC(C)C)C(=O)NC(C(=O)NCc1ccccc1)C(C)C. The first-order chi connectivity index (χ1) is 24.6. The number of alkyl carbamates (subject to hydrolysis) is 1. The molecule has 0 spiro atoms. The fraction of sp³-hybridized carbons (Fsp3) is 0.725. The number of hydrogen-bond acceptors (Lipinski definition) is 8. The summed E-state index contributed by atoms with van der Waals surface area (Å²) in [6.07, 6.45) is 1.36. The van der Waals surface area contributed by atoms with E-state index >= 15 is 0 Å². The van der Waals surface area contributed by atoms with E-state index in [1.54, 1.807) is 34.6 Å². The van der Waals surface area contributed by atoms with Gasteiger partial charge < -0.3 is 36.4 Å². The Morgan fingerprint density at radius 3 is 1.79 bits per heavy atom. The molecule has 0 aliphatic carbocycles. The second-order valence-electron chi connectivity index (χ2n) is 16.5. The van der Waals surface area contributed by atoms with Gasteiger partial charge in [0.2, 0.25) is 23.6 Å². The molecule has 0 radical (unpaired) electrons. The fourth-order valence-corrected chi connectivity index (χ4v) is 6.35. The molecule has 0 heterocycles. The topological polar surface area (TPSA) is 175 Å². The first-order valence-electron chi connectivity index (χ1n) is 19.0. The molecule has 13 heteroatoms. The molecule has 0 aromatic heterocycles. The molecular weight excluding hydrogens is 695 g/mol. The molecule has 0 aliphatic rings. The van der Waals surface area contributed by atoms with Gasteiger partial charge in [0.15, 0.2) is 0 Å². The van der Waals surface area contributed by atoms with Crippen molar-refractivity contribution in [1.29, 1.82) is 0 Å². The predicted molar refractivity (Wildman–Crippen MR) is 213 cm³/mol. The van der Waals surface area contributed by atoms with E-state index in [-0.39, 0.29) is 41.9 Å². The number of nitrogens with one attached hydrogen (secondary N) is 5. The number of rotatable bonds is 22. The van der Waals surface area contributed by atoms with Crippen LogP contribution >= 0.6 is 11.8 Å². The zero-order valence-corrected chi connectivity index (χ0v) is 35.0.